The zero-order valence-corrected chi connectivity index (χ0v) is 10.4. The van der Waals surface area contributed by atoms with Gasteiger partial charge in [-0.2, -0.15) is 0 Å². The van der Waals surface area contributed by atoms with Crippen LogP contribution in [0.5, 0.6) is 0 Å². The quantitative estimate of drug-likeness (QED) is 0.723. The Morgan fingerprint density at radius 1 is 1.16 bits per heavy atom. The van der Waals surface area contributed by atoms with Crippen LogP contribution in [0.25, 0.3) is 0 Å². The molecule has 0 aliphatic heterocycles. The second-order valence-electron chi connectivity index (χ2n) is 4.09. The number of carboxylic acid groups (broad SMARTS) is 2. The average molecular weight is 263 g/mol. The molecule has 0 saturated carbocycles. The summed E-state index contributed by atoms with van der Waals surface area (Å²) in [7, 11) is 0. The van der Waals surface area contributed by atoms with Crippen molar-refractivity contribution < 1.29 is 24.6 Å². The van der Waals surface area contributed by atoms with E-state index >= 15 is 0 Å². The largest absolute Gasteiger partial charge is 0.550 e. The summed E-state index contributed by atoms with van der Waals surface area (Å²) in [4.78, 5) is 32.3. The molecular formula is C13H13NO5-2. The summed E-state index contributed by atoms with van der Waals surface area (Å²) < 4.78 is 0. The van der Waals surface area contributed by atoms with E-state index in [-0.39, 0.29) is 30.7 Å². The van der Waals surface area contributed by atoms with Gasteiger partial charge in [0.05, 0.1) is 5.97 Å². The maximum Gasteiger partial charge on any atom is 0.224 e. The second-order valence-corrected chi connectivity index (χ2v) is 4.09. The fourth-order valence-corrected chi connectivity index (χ4v) is 1.54. The van der Waals surface area contributed by atoms with Crippen molar-refractivity contribution in [3.05, 3.63) is 29.3 Å². The molecule has 0 unspecified atom stereocenters. The number of benzene rings is 1. The van der Waals surface area contributed by atoms with Gasteiger partial charge in [0.2, 0.25) is 5.91 Å². The first-order valence-corrected chi connectivity index (χ1v) is 5.72. The Morgan fingerprint density at radius 2 is 1.84 bits per heavy atom. The SMILES string of the molecule is Cc1cc(C(=O)[O-])ccc1NC(=O)CCCC(=O)[O-]. The number of carbonyl (C=O) groups excluding carboxylic acids is 3. The van der Waals surface area contributed by atoms with Gasteiger partial charge in [-0.15, -0.1) is 0 Å². The minimum absolute atomic E-state index is 0.0347. The van der Waals surface area contributed by atoms with E-state index in [1.165, 1.54) is 18.2 Å². The first-order chi connectivity index (χ1) is 8.90. The molecular weight excluding hydrogens is 250 g/mol. The van der Waals surface area contributed by atoms with Crippen LogP contribution in [-0.2, 0) is 9.59 Å². The molecule has 102 valence electrons. The molecule has 1 rings (SSSR count). The maximum absolute atomic E-state index is 11.5. The lowest BCUT2D eigenvalue weighted by molar-refractivity contribution is -0.305. The van der Waals surface area contributed by atoms with Crippen molar-refractivity contribution in [1.82, 2.24) is 0 Å². The summed E-state index contributed by atoms with van der Waals surface area (Å²) in [6, 6.07) is 4.20. The van der Waals surface area contributed by atoms with Crippen molar-refractivity contribution in [1.29, 1.82) is 0 Å². The van der Waals surface area contributed by atoms with E-state index in [4.69, 9.17) is 0 Å². The lowest BCUT2D eigenvalue weighted by Gasteiger charge is -2.11. The Labute approximate surface area is 110 Å². The molecule has 1 aromatic rings. The normalized spacial score (nSPS) is 9.95. The van der Waals surface area contributed by atoms with Crippen LogP contribution >= 0.6 is 0 Å². The molecule has 0 bridgehead atoms. The van der Waals surface area contributed by atoms with Gasteiger partial charge in [0, 0.05) is 18.1 Å². The van der Waals surface area contributed by atoms with Crippen LogP contribution in [0.15, 0.2) is 18.2 Å². The van der Waals surface area contributed by atoms with Crippen LogP contribution in [0.1, 0.15) is 35.2 Å². The number of carboxylic acids is 2. The molecule has 0 atom stereocenters. The van der Waals surface area contributed by atoms with Crippen LogP contribution in [-0.4, -0.2) is 17.8 Å². The van der Waals surface area contributed by atoms with Gasteiger partial charge in [-0.1, -0.05) is 6.07 Å². The smallest absolute Gasteiger partial charge is 0.224 e. The Morgan fingerprint density at radius 3 is 2.37 bits per heavy atom. The highest BCUT2D eigenvalue weighted by atomic mass is 16.4. The van der Waals surface area contributed by atoms with Gasteiger partial charge < -0.3 is 25.1 Å². The number of carbonyl (C=O) groups is 3. The number of aliphatic carboxylic acids is 1. The molecule has 0 saturated heterocycles. The van der Waals surface area contributed by atoms with Gasteiger partial charge in [-0.25, -0.2) is 0 Å². The monoisotopic (exact) mass is 263 g/mol. The third-order valence-electron chi connectivity index (χ3n) is 2.52. The molecule has 6 heteroatoms. The predicted molar refractivity (Wildman–Crippen MR) is 63.0 cm³/mol. The molecule has 0 aromatic heterocycles. The first-order valence-electron chi connectivity index (χ1n) is 5.72. The summed E-state index contributed by atoms with van der Waals surface area (Å²) in [5.74, 6) is -2.80. The molecule has 0 radical (unpaired) electrons. The molecule has 0 aliphatic carbocycles. The minimum Gasteiger partial charge on any atom is -0.550 e. The molecule has 1 N–H and O–H groups in total. The molecule has 1 aromatic carbocycles. The number of amides is 1. The number of aromatic carboxylic acids is 1. The summed E-state index contributed by atoms with van der Waals surface area (Å²) in [6.45, 7) is 1.66. The lowest BCUT2D eigenvalue weighted by atomic mass is 10.1. The van der Waals surface area contributed by atoms with Crippen LogP contribution < -0.4 is 15.5 Å². The van der Waals surface area contributed by atoms with E-state index in [0.717, 1.165) is 0 Å². The molecule has 0 fully saturated rings. The third kappa shape index (κ3) is 4.79. The Kier molecular flexibility index (Phi) is 5.05. The van der Waals surface area contributed by atoms with Gasteiger partial charge >= 0.3 is 0 Å². The molecule has 19 heavy (non-hydrogen) atoms. The number of anilines is 1. The van der Waals surface area contributed by atoms with Gasteiger partial charge in [0.1, 0.15) is 0 Å². The van der Waals surface area contributed by atoms with Crippen molar-refractivity contribution in [2.24, 2.45) is 0 Å². The number of hydrogen-bond acceptors (Lipinski definition) is 5. The number of aryl methyl sites for hydroxylation is 1. The first kappa shape index (κ1) is 14.7. The molecule has 6 nitrogen and oxygen atoms in total. The van der Waals surface area contributed by atoms with E-state index in [9.17, 15) is 24.6 Å². The highest BCUT2D eigenvalue weighted by molar-refractivity contribution is 5.93. The topological polar surface area (TPSA) is 109 Å². The zero-order chi connectivity index (χ0) is 14.4. The van der Waals surface area contributed by atoms with Crippen LogP contribution in [0.3, 0.4) is 0 Å². The summed E-state index contributed by atoms with van der Waals surface area (Å²) in [5, 5.41) is 23.4. The Bertz CT molecular complexity index is 510. The van der Waals surface area contributed by atoms with Crippen molar-refractivity contribution in [3.8, 4) is 0 Å². The summed E-state index contributed by atoms with van der Waals surface area (Å²) in [5.41, 5.74) is 1.12. The van der Waals surface area contributed by atoms with E-state index in [0.29, 0.717) is 11.3 Å². The van der Waals surface area contributed by atoms with Crippen molar-refractivity contribution in [3.63, 3.8) is 0 Å². The van der Waals surface area contributed by atoms with E-state index in [1.54, 1.807) is 6.92 Å². The number of hydrogen-bond donors (Lipinski definition) is 1. The third-order valence-corrected chi connectivity index (χ3v) is 2.52. The Balaban J connectivity index is 2.59. The fraction of sp³-hybridized carbons (Fsp3) is 0.308. The second kappa shape index (κ2) is 6.53. The van der Waals surface area contributed by atoms with Gasteiger partial charge in [-0.05, 0) is 43.0 Å². The van der Waals surface area contributed by atoms with Gasteiger partial charge in [0.25, 0.3) is 0 Å². The average Bonchev–Trinajstić information content (AvgIpc) is 2.31. The Hall–Kier alpha value is -2.37. The van der Waals surface area contributed by atoms with E-state index < -0.39 is 11.9 Å². The fourth-order valence-electron chi connectivity index (χ4n) is 1.54. The molecule has 0 aliphatic rings. The van der Waals surface area contributed by atoms with E-state index in [2.05, 4.69) is 5.32 Å². The predicted octanol–water partition coefficient (Wildman–Crippen LogP) is -0.783. The zero-order valence-electron chi connectivity index (χ0n) is 10.4. The van der Waals surface area contributed by atoms with Crippen LogP contribution in [0.4, 0.5) is 5.69 Å². The highest BCUT2D eigenvalue weighted by Crippen LogP contribution is 2.16. The van der Waals surface area contributed by atoms with Gasteiger partial charge in [-0.3, -0.25) is 4.79 Å². The van der Waals surface area contributed by atoms with Gasteiger partial charge in [0.15, 0.2) is 0 Å². The summed E-state index contributed by atoms with van der Waals surface area (Å²) in [6.07, 6.45) is 0.0933. The molecule has 0 heterocycles. The van der Waals surface area contributed by atoms with Crippen LogP contribution in [0, 0.1) is 6.92 Å². The lowest BCUT2D eigenvalue weighted by Crippen LogP contribution is -2.23. The minimum atomic E-state index is -1.28. The molecule has 1 amide bonds. The highest BCUT2D eigenvalue weighted by Gasteiger charge is 2.05. The van der Waals surface area contributed by atoms with Crippen molar-refractivity contribution in [2.75, 3.05) is 5.32 Å². The van der Waals surface area contributed by atoms with Crippen molar-refractivity contribution >= 4 is 23.5 Å². The van der Waals surface area contributed by atoms with Crippen LogP contribution in [0.2, 0.25) is 0 Å². The van der Waals surface area contributed by atoms with E-state index in [1.807, 2.05) is 0 Å². The maximum atomic E-state index is 11.5. The number of rotatable bonds is 6. The standard InChI is InChI=1S/C13H15NO5/c1-8-7-9(13(18)19)5-6-10(8)14-11(15)3-2-4-12(16)17/h5-7H,2-4H2,1H3,(H,14,15)(H,16,17)(H,18,19)/p-2. The molecule has 0 spiro atoms. The summed E-state index contributed by atoms with van der Waals surface area (Å²) >= 11 is 0. The van der Waals surface area contributed by atoms with Crippen molar-refractivity contribution in [2.45, 2.75) is 26.2 Å². The number of nitrogens with one attached hydrogen (secondary N) is 1.